The van der Waals surface area contributed by atoms with E-state index in [1.54, 1.807) is 12.4 Å². The van der Waals surface area contributed by atoms with Crippen molar-refractivity contribution in [1.29, 1.82) is 0 Å². The van der Waals surface area contributed by atoms with E-state index in [9.17, 15) is 0 Å². The lowest BCUT2D eigenvalue weighted by molar-refractivity contribution is 0.762. The first-order valence-electron chi connectivity index (χ1n) is 7.82. The van der Waals surface area contributed by atoms with Crippen LogP contribution in [0.4, 0.5) is 5.69 Å². The standard InChI is InChI=1S/C20H19N3S/c1-15-8-5-6-12-18(15)19(16-9-3-2-4-10-16)23-20(24)22-17-11-7-13-21-14-17/h2-14,19H,1H3,(H2,22,23,24)/t19-/m0/s1. The molecule has 120 valence electrons. The molecule has 3 nitrogen and oxygen atoms in total. The van der Waals surface area contributed by atoms with Gasteiger partial charge in [-0.3, -0.25) is 4.98 Å². The van der Waals surface area contributed by atoms with Crippen LogP contribution in [0.5, 0.6) is 0 Å². The summed E-state index contributed by atoms with van der Waals surface area (Å²) in [7, 11) is 0. The highest BCUT2D eigenvalue weighted by atomic mass is 32.1. The second kappa shape index (κ2) is 7.70. The molecule has 2 N–H and O–H groups in total. The molecule has 0 saturated heterocycles. The molecule has 0 fully saturated rings. The first kappa shape index (κ1) is 16.1. The predicted molar refractivity (Wildman–Crippen MR) is 103 cm³/mol. The number of pyridine rings is 1. The molecule has 1 atom stereocenters. The van der Waals surface area contributed by atoms with Crippen molar-refractivity contribution in [2.75, 3.05) is 5.32 Å². The van der Waals surface area contributed by atoms with Gasteiger partial charge in [-0.15, -0.1) is 0 Å². The van der Waals surface area contributed by atoms with Crippen LogP contribution in [0.1, 0.15) is 22.7 Å². The molecule has 3 aromatic rings. The van der Waals surface area contributed by atoms with Crippen LogP contribution in [0.25, 0.3) is 0 Å². The van der Waals surface area contributed by atoms with E-state index < -0.39 is 0 Å². The number of hydrogen-bond donors (Lipinski definition) is 2. The molecule has 3 rings (SSSR count). The minimum Gasteiger partial charge on any atom is -0.352 e. The fourth-order valence-electron chi connectivity index (χ4n) is 2.63. The van der Waals surface area contributed by atoms with Crippen LogP contribution in [-0.4, -0.2) is 10.1 Å². The van der Waals surface area contributed by atoms with Crippen LogP contribution >= 0.6 is 12.2 Å². The summed E-state index contributed by atoms with van der Waals surface area (Å²) in [4.78, 5) is 4.10. The molecule has 4 heteroatoms. The average Bonchev–Trinajstić information content (AvgIpc) is 2.62. The summed E-state index contributed by atoms with van der Waals surface area (Å²) in [5, 5.41) is 7.19. The second-order valence-corrected chi connectivity index (χ2v) is 5.95. The van der Waals surface area contributed by atoms with Crippen LogP contribution in [-0.2, 0) is 0 Å². The fraction of sp³-hybridized carbons (Fsp3) is 0.100. The number of anilines is 1. The highest BCUT2D eigenvalue weighted by Crippen LogP contribution is 2.25. The molecule has 1 aromatic heterocycles. The Bertz CT molecular complexity index is 803. The third-order valence-electron chi connectivity index (χ3n) is 3.83. The molecular weight excluding hydrogens is 314 g/mol. The van der Waals surface area contributed by atoms with Crippen molar-refractivity contribution in [3.05, 3.63) is 95.8 Å². The SMILES string of the molecule is Cc1ccccc1[C@@H](NC(=S)Nc1cccnc1)c1ccccc1. The zero-order valence-corrected chi connectivity index (χ0v) is 14.3. The van der Waals surface area contributed by atoms with Gasteiger partial charge in [0.1, 0.15) is 0 Å². The van der Waals surface area contributed by atoms with Crippen LogP contribution in [0.3, 0.4) is 0 Å². The van der Waals surface area contributed by atoms with Gasteiger partial charge in [0.15, 0.2) is 5.11 Å². The quantitative estimate of drug-likeness (QED) is 0.691. The van der Waals surface area contributed by atoms with E-state index in [4.69, 9.17) is 12.2 Å². The average molecular weight is 333 g/mol. The molecule has 0 bridgehead atoms. The van der Waals surface area contributed by atoms with E-state index in [-0.39, 0.29) is 6.04 Å². The number of aryl methyl sites for hydroxylation is 1. The van der Waals surface area contributed by atoms with Crippen LogP contribution in [0, 0.1) is 6.92 Å². The summed E-state index contributed by atoms with van der Waals surface area (Å²) in [6, 6.07) is 22.5. The minimum absolute atomic E-state index is 0.0101. The van der Waals surface area contributed by atoms with Gasteiger partial charge in [0.2, 0.25) is 0 Å². The Morgan fingerprint density at radius 2 is 1.71 bits per heavy atom. The molecule has 0 radical (unpaired) electrons. The summed E-state index contributed by atoms with van der Waals surface area (Å²) < 4.78 is 0. The zero-order valence-electron chi connectivity index (χ0n) is 13.4. The van der Waals surface area contributed by atoms with E-state index in [1.165, 1.54) is 16.7 Å². The number of hydrogen-bond acceptors (Lipinski definition) is 2. The molecule has 0 amide bonds. The molecular formula is C20H19N3S. The monoisotopic (exact) mass is 333 g/mol. The van der Waals surface area contributed by atoms with Crippen LogP contribution < -0.4 is 10.6 Å². The maximum Gasteiger partial charge on any atom is 0.171 e. The highest BCUT2D eigenvalue weighted by molar-refractivity contribution is 7.80. The van der Waals surface area contributed by atoms with Gasteiger partial charge in [-0.05, 0) is 48.0 Å². The van der Waals surface area contributed by atoms with E-state index in [0.29, 0.717) is 5.11 Å². The van der Waals surface area contributed by atoms with E-state index in [0.717, 1.165) is 5.69 Å². The normalized spacial score (nSPS) is 11.5. The number of benzene rings is 2. The Morgan fingerprint density at radius 1 is 0.958 bits per heavy atom. The van der Waals surface area contributed by atoms with Crippen molar-refractivity contribution in [2.45, 2.75) is 13.0 Å². The Kier molecular flexibility index (Phi) is 5.18. The molecule has 0 unspecified atom stereocenters. The number of nitrogens with one attached hydrogen (secondary N) is 2. The van der Waals surface area contributed by atoms with Crippen molar-refractivity contribution in [3.63, 3.8) is 0 Å². The lowest BCUT2D eigenvalue weighted by Crippen LogP contribution is -2.33. The summed E-state index contributed by atoms with van der Waals surface area (Å²) in [6.45, 7) is 2.12. The fourth-order valence-corrected chi connectivity index (χ4v) is 2.87. The minimum atomic E-state index is -0.0101. The molecule has 1 heterocycles. The molecule has 0 aliphatic carbocycles. The van der Waals surface area contributed by atoms with Crippen molar-refractivity contribution < 1.29 is 0 Å². The molecule has 0 spiro atoms. The Balaban J connectivity index is 1.86. The maximum atomic E-state index is 5.51. The van der Waals surface area contributed by atoms with Gasteiger partial charge in [0.25, 0.3) is 0 Å². The number of nitrogens with zero attached hydrogens (tertiary/aromatic N) is 1. The third kappa shape index (κ3) is 3.97. The van der Waals surface area contributed by atoms with Gasteiger partial charge in [-0.1, -0.05) is 54.6 Å². The number of thiocarbonyl (C=S) groups is 1. The molecule has 2 aromatic carbocycles. The topological polar surface area (TPSA) is 37.0 Å². The smallest absolute Gasteiger partial charge is 0.171 e. The van der Waals surface area contributed by atoms with E-state index >= 15 is 0 Å². The molecule has 0 saturated carbocycles. The van der Waals surface area contributed by atoms with Crippen molar-refractivity contribution in [2.24, 2.45) is 0 Å². The predicted octanol–water partition coefficient (Wildman–Crippen LogP) is 4.47. The molecule has 0 aliphatic heterocycles. The molecule has 0 aliphatic rings. The molecule has 24 heavy (non-hydrogen) atoms. The summed E-state index contributed by atoms with van der Waals surface area (Å²) in [5.74, 6) is 0. The lowest BCUT2D eigenvalue weighted by atomic mass is 9.95. The van der Waals surface area contributed by atoms with Gasteiger partial charge in [-0.2, -0.15) is 0 Å². The number of aromatic nitrogens is 1. The Labute approximate surface area is 147 Å². The van der Waals surface area contributed by atoms with E-state index in [1.807, 2.05) is 36.4 Å². The Hall–Kier alpha value is -2.72. The van der Waals surface area contributed by atoms with Crippen LogP contribution in [0.15, 0.2) is 79.1 Å². The lowest BCUT2D eigenvalue weighted by Gasteiger charge is -2.23. The largest absolute Gasteiger partial charge is 0.352 e. The van der Waals surface area contributed by atoms with E-state index in [2.05, 4.69) is 52.9 Å². The van der Waals surface area contributed by atoms with Gasteiger partial charge in [-0.25, -0.2) is 0 Å². The zero-order chi connectivity index (χ0) is 16.8. The maximum absolute atomic E-state index is 5.51. The van der Waals surface area contributed by atoms with Crippen molar-refractivity contribution in [3.8, 4) is 0 Å². The van der Waals surface area contributed by atoms with Crippen molar-refractivity contribution >= 4 is 23.0 Å². The first-order chi connectivity index (χ1) is 11.7. The van der Waals surface area contributed by atoms with Crippen LogP contribution in [0.2, 0.25) is 0 Å². The first-order valence-corrected chi connectivity index (χ1v) is 8.23. The third-order valence-corrected chi connectivity index (χ3v) is 4.05. The highest BCUT2D eigenvalue weighted by Gasteiger charge is 2.16. The van der Waals surface area contributed by atoms with Gasteiger partial charge >= 0.3 is 0 Å². The van der Waals surface area contributed by atoms with Crippen molar-refractivity contribution in [1.82, 2.24) is 10.3 Å². The van der Waals surface area contributed by atoms with Gasteiger partial charge in [0.05, 0.1) is 17.9 Å². The summed E-state index contributed by atoms with van der Waals surface area (Å²) >= 11 is 5.51. The Morgan fingerprint density at radius 3 is 2.42 bits per heavy atom. The van der Waals surface area contributed by atoms with Gasteiger partial charge < -0.3 is 10.6 Å². The number of rotatable bonds is 4. The summed E-state index contributed by atoms with van der Waals surface area (Å²) in [6.07, 6.45) is 3.49. The summed E-state index contributed by atoms with van der Waals surface area (Å²) in [5.41, 5.74) is 4.47. The van der Waals surface area contributed by atoms with Gasteiger partial charge in [0, 0.05) is 6.20 Å². The second-order valence-electron chi connectivity index (χ2n) is 5.54.